The van der Waals surface area contributed by atoms with Gasteiger partial charge in [0.25, 0.3) is 5.91 Å². The smallest absolute Gasteiger partial charge is 0.252 e. The van der Waals surface area contributed by atoms with Crippen LogP contribution in [0.1, 0.15) is 24.2 Å². The molecule has 0 aromatic heterocycles. The lowest BCUT2D eigenvalue weighted by Crippen LogP contribution is -2.49. The minimum atomic E-state index is -0.464. The molecule has 0 bridgehead atoms. The number of rotatable bonds is 3. The van der Waals surface area contributed by atoms with Crippen molar-refractivity contribution in [1.29, 1.82) is 0 Å². The molecule has 0 saturated carbocycles. The lowest BCUT2D eigenvalue weighted by Gasteiger charge is -2.24. The first-order chi connectivity index (χ1) is 7.35. The van der Waals surface area contributed by atoms with Crippen molar-refractivity contribution in [2.75, 3.05) is 6.54 Å². The van der Waals surface area contributed by atoms with Gasteiger partial charge in [-0.1, -0.05) is 0 Å². The van der Waals surface area contributed by atoms with Crippen LogP contribution in [0, 0.1) is 9.39 Å². The summed E-state index contributed by atoms with van der Waals surface area (Å²) < 4.78 is 13.4. The van der Waals surface area contributed by atoms with Crippen molar-refractivity contribution in [3.05, 3.63) is 33.1 Å². The molecule has 88 valence electrons. The molecule has 16 heavy (non-hydrogen) atoms. The summed E-state index contributed by atoms with van der Waals surface area (Å²) in [5.74, 6) is -0.584. The Balaban J connectivity index is 2.89. The molecule has 1 amide bonds. The van der Waals surface area contributed by atoms with E-state index in [2.05, 4.69) is 5.32 Å². The van der Waals surface area contributed by atoms with Gasteiger partial charge in [-0.2, -0.15) is 0 Å². The van der Waals surface area contributed by atoms with Gasteiger partial charge >= 0.3 is 0 Å². The molecule has 0 aliphatic rings. The van der Waals surface area contributed by atoms with Crippen LogP contribution in [-0.2, 0) is 0 Å². The highest BCUT2D eigenvalue weighted by atomic mass is 127. The monoisotopic (exact) mass is 336 g/mol. The fourth-order valence-electron chi connectivity index (χ4n) is 1.10. The average Bonchev–Trinajstić information content (AvgIpc) is 2.16. The van der Waals surface area contributed by atoms with Gasteiger partial charge in [-0.25, -0.2) is 4.39 Å². The van der Waals surface area contributed by atoms with E-state index in [9.17, 15) is 9.18 Å². The van der Waals surface area contributed by atoms with Crippen LogP contribution in [0.3, 0.4) is 0 Å². The number of amides is 1. The summed E-state index contributed by atoms with van der Waals surface area (Å²) in [5.41, 5.74) is 5.52. The minimum absolute atomic E-state index is 0.236. The van der Waals surface area contributed by atoms with Gasteiger partial charge in [0.05, 0.1) is 5.56 Å². The predicted molar refractivity (Wildman–Crippen MR) is 69.7 cm³/mol. The third-order valence-electron chi connectivity index (χ3n) is 2.14. The van der Waals surface area contributed by atoms with Crippen molar-refractivity contribution in [2.45, 2.75) is 19.4 Å². The second-order valence-corrected chi connectivity index (χ2v) is 5.33. The number of hydrogen-bond acceptors (Lipinski definition) is 2. The number of carbonyl (C=O) groups is 1. The van der Waals surface area contributed by atoms with E-state index in [0.717, 1.165) is 0 Å². The fraction of sp³-hybridized carbons (Fsp3) is 0.364. The van der Waals surface area contributed by atoms with Gasteiger partial charge in [0, 0.05) is 15.7 Å². The molecular formula is C11H14FIN2O. The Kier molecular flexibility index (Phi) is 4.26. The van der Waals surface area contributed by atoms with E-state index in [0.29, 0.717) is 15.7 Å². The van der Waals surface area contributed by atoms with Gasteiger partial charge < -0.3 is 11.1 Å². The molecule has 0 spiro atoms. The highest BCUT2D eigenvalue weighted by Gasteiger charge is 2.20. The van der Waals surface area contributed by atoms with Crippen LogP contribution >= 0.6 is 22.6 Å². The highest BCUT2D eigenvalue weighted by Crippen LogP contribution is 2.14. The summed E-state index contributed by atoms with van der Waals surface area (Å²) in [6.45, 7) is 4.01. The zero-order valence-corrected chi connectivity index (χ0v) is 11.3. The number of nitrogens with one attached hydrogen (secondary N) is 1. The Hall–Kier alpha value is -0.690. The maximum absolute atomic E-state index is 12.9. The average molecular weight is 336 g/mol. The number of benzene rings is 1. The van der Waals surface area contributed by atoms with E-state index >= 15 is 0 Å². The maximum Gasteiger partial charge on any atom is 0.252 e. The van der Waals surface area contributed by atoms with Crippen LogP contribution < -0.4 is 11.1 Å². The van der Waals surface area contributed by atoms with Crippen LogP contribution in [-0.4, -0.2) is 18.0 Å². The zero-order valence-electron chi connectivity index (χ0n) is 9.18. The molecule has 3 N–H and O–H groups in total. The van der Waals surface area contributed by atoms with Crippen LogP contribution in [0.25, 0.3) is 0 Å². The molecule has 3 nitrogen and oxygen atoms in total. The van der Waals surface area contributed by atoms with E-state index in [1.54, 1.807) is 0 Å². The summed E-state index contributed by atoms with van der Waals surface area (Å²) in [4.78, 5) is 11.9. The van der Waals surface area contributed by atoms with Crippen molar-refractivity contribution in [1.82, 2.24) is 5.32 Å². The Morgan fingerprint density at radius 3 is 2.69 bits per heavy atom. The van der Waals surface area contributed by atoms with Gasteiger partial charge in [0.15, 0.2) is 0 Å². The van der Waals surface area contributed by atoms with Crippen LogP contribution in [0.5, 0.6) is 0 Å². The summed E-state index contributed by atoms with van der Waals surface area (Å²) in [5, 5.41) is 2.79. The highest BCUT2D eigenvalue weighted by molar-refractivity contribution is 14.1. The molecule has 0 saturated heterocycles. The second-order valence-electron chi connectivity index (χ2n) is 4.17. The molecule has 1 rings (SSSR count). The number of carbonyl (C=O) groups excluding carboxylic acids is 1. The standard InChI is InChI=1S/C11H14FIN2O/c1-11(2,6-14)15-10(16)8-4-3-7(12)5-9(8)13/h3-5H,6,14H2,1-2H3,(H,15,16). The molecule has 1 aromatic carbocycles. The third kappa shape index (κ3) is 3.41. The van der Waals surface area contributed by atoms with E-state index in [4.69, 9.17) is 5.73 Å². The van der Waals surface area contributed by atoms with Gasteiger partial charge in [-0.15, -0.1) is 0 Å². The topological polar surface area (TPSA) is 55.1 Å². The second kappa shape index (κ2) is 5.09. The number of hydrogen-bond donors (Lipinski definition) is 2. The predicted octanol–water partition coefficient (Wildman–Crippen LogP) is 1.90. The SMILES string of the molecule is CC(C)(CN)NC(=O)c1ccc(F)cc1I. The molecule has 0 atom stereocenters. The van der Waals surface area contributed by atoms with E-state index in [-0.39, 0.29) is 11.7 Å². The van der Waals surface area contributed by atoms with Crippen molar-refractivity contribution >= 4 is 28.5 Å². The molecule has 0 aliphatic carbocycles. The molecule has 1 aromatic rings. The molecule has 0 unspecified atom stereocenters. The summed E-state index contributed by atoms with van der Waals surface area (Å²) >= 11 is 1.93. The normalized spacial score (nSPS) is 11.3. The quantitative estimate of drug-likeness (QED) is 0.829. The third-order valence-corrected chi connectivity index (χ3v) is 3.03. The largest absolute Gasteiger partial charge is 0.346 e. The summed E-state index contributed by atoms with van der Waals surface area (Å²) in [6, 6.07) is 4.07. The van der Waals surface area contributed by atoms with E-state index in [1.807, 2.05) is 36.4 Å². The first-order valence-corrected chi connectivity index (χ1v) is 5.91. The first-order valence-electron chi connectivity index (χ1n) is 4.83. The van der Waals surface area contributed by atoms with Crippen LogP contribution in [0.4, 0.5) is 4.39 Å². The van der Waals surface area contributed by atoms with Crippen molar-refractivity contribution in [3.63, 3.8) is 0 Å². The fourth-order valence-corrected chi connectivity index (χ4v) is 1.82. The van der Waals surface area contributed by atoms with E-state index < -0.39 is 5.54 Å². The molecule has 0 aliphatic heterocycles. The van der Waals surface area contributed by atoms with Gasteiger partial charge in [-0.3, -0.25) is 4.79 Å². The Bertz CT molecular complexity index is 407. The maximum atomic E-state index is 12.9. The minimum Gasteiger partial charge on any atom is -0.346 e. The Morgan fingerprint density at radius 2 is 2.19 bits per heavy atom. The van der Waals surface area contributed by atoms with Crippen LogP contribution in [0.15, 0.2) is 18.2 Å². The van der Waals surface area contributed by atoms with Crippen molar-refractivity contribution in [2.24, 2.45) is 5.73 Å². The molecular weight excluding hydrogens is 322 g/mol. The van der Waals surface area contributed by atoms with Gasteiger partial charge in [-0.05, 0) is 54.6 Å². The van der Waals surface area contributed by atoms with E-state index in [1.165, 1.54) is 18.2 Å². The number of nitrogens with two attached hydrogens (primary N) is 1. The number of halogens is 2. The summed E-state index contributed by atoms with van der Waals surface area (Å²) in [6.07, 6.45) is 0. The van der Waals surface area contributed by atoms with Crippen molar-refractivity contribution in [3.8, 4) is 0 Å². The Labute approximate surface area is 108 Å². The molecule has 0 fully saturated rings. The molecule has 0 heterocycles. The Morgan fingerprint density at radius 1 is 1.56 bits per heavy atom. The lowest BCUT2D eigenvalue weighted by atomic mass is 10.1. The van der Waals surface area contributed by atoms with Crippen LogP contribution in [0.2, 0.25) is 0 Å². The zero-order chi connectivity index (χ0) is 12.3. The molecule has 0 radical (unpaired) electrons. The van der Waals surface area contributed by atoms with Gasteiger partial charge in [0.2, 0.25) is 0 Å². The summed E-state index contributed by atoms with van der Waals surface area (Å²) in [7, 11) is 0. The first kappa shape index (κ1) is 13.4. The molecule has 5 heteroatoms. The lowest BCUT2D eigenvalue weighted by molar-refractivity contribution is 0.0915. The van der Waals surface area contributed by atoms with Gasteiger partial charge in [0.1, 0.15) is 5.82 Å². The van der Waals surface area contributed by atoms with Crippen molar-refractivity contribution < 1.29 is 9.18 Å².